The fourth-order valence-corrected chi connectivity index (χ4v) is 3.62. The van der Waals surface area contributed by atoms with E-state index in [0.717, 1.165) is 36.5 Å². The summed E-state index contributed by atoms with van der Waals surface area (Å²) in [5.41, 5.74) is 2.68. The van der Waals surface area contributed by atoms with Crippen molar-refractivity contribution < 1.29 is 9.53 Å². The number of aromatic nitrogens is 2. The maximum atomic E-state index is 13.1. The molecule has 0 aliphatic carbocycles. The SMILES string of the molecule is CCn1nc2c(c1C(=O)N1CCN(CC#N)CC1)C[C@H](C)O[C@@H]2C. The molecule has 0 N–H and O–H groups in total. The Morgan fingerprint density at radius 1 is 1.33 bits per heavy atom. The van der Waals surface area contributed by atoms with Crippen LogP contribution in [0, 0.1) is 11.3 Å². The number of nitrogens with zero attached hydrogens (tertiary/aromatic N) is 5. The Kier molecular flexibility index (Phi) is 4.88. The predicted molar refractivity (Wildman–Crippen MR) is 88.5 cm³/mol. The van der Waals surface area contributed by atoms with Crippen molar-refractivity contribution in [3.8, 4) is 6.07 Å². The van der Waals surface area contributed by atoms with E-state index in [2.05, 4.69) is 16.1 Å². The molecule has 2 aliphatic heterocycles. The zero-order chi connectivity index (χ0) is 17.3. The number of hydrogen-bond acceptors (Lipinski definition) is 5. The normalized spacial score (nSPS) is 24.5. The number of carbonyl (C=O) groups is 1. The summed E-state index contributed by atoms with van der Waals surface area (Å²) in [6.07, 6.45) is 0.756. The van der Waals surface area contributed by atoms with Crippen LogP contribution in [-0.2, 0) is 17.7 Å². The van der Waals surface area contributed by atoms with E-state index in [9.17, 15) is 4.79 Å². The molecule has 1 aromatic heterocycles. The molecule has 0 radical (unpaired) electrons. The molecular formula is C17H25N5O2. The van der Waals surface area contributed by atoms with Crippen LogP contribution in [0.25, 0.3) is 0 Å². The van der Waals surface area contributed by atoms with Crippen molar-refractivity contribution in [3.63, 3.8) is 0 Å². The number of fused-ring (bicyclic) bond motifs is 1. The minimum atomic E-state index is -0.0735. The van der Waals surface area contributed by atoms with Crippen LogP contribution in [0.2, 0.25) is 0 Å². The molecule has 130 valence electrons. The summed E-state index contributed by atoms with van der Waals surface area (Å²) < 4.78 is 7.68. The van der Waals surface area contributed by atoms with Crippen molar-refractivity contribution in [2.45, 2.75) is 45.9 Å². The second-order valence-electron chi connectivity index (χ2n) is 6.55. The summed E-state index contributed by atoms with van der Waals surface area (Å²) in [7, 11) is 0. The van der Waals surface area contributed by atoms with Gasteiger partial charge in [-0.1, -0.05) is 0 Å². The number of ether oxygens (including phenoxy) is 1. The van der Waals surface area contributed by atoms with Gasteiger partial charge in [-0.3, -0.25) is 14.4 Å². The van der Waals surface area contributed by atoms with Gasteiger partial charge < -0.3 is 9.64 Å². The Morgan fingerprint density at radius 3 is 2.67 bits per heavy atom. The van der Waals surface area contributed by atoms with Crippen molar-refractivity contribution in [2.24, 2.45) is 0 Å². The minimum absolute atomic E-state index is 0.0588. The summed E-state index contributed by atoms with van der Waals surface area (Å²) >= 11 is 0. The number of amides is 1. The maximum Gasteiger partial charge on any atom is 0.272 e. The smallest absolute Gasteiger partial charge is 0.272 e. The predicted octanol–water partition coefficient (Wildman–Crippen LogP) is 1.21. The van der Waals surface area contributed by atoms with Crippen LogP contribution in [0.4, 0.5) is 0 Å². The largest absolute Gasteiger partial charge is 0.369 e. The third-order valence-corrected chi connectivity index (χ3v) is 4.85. The third-order valence-electron chi connectivity index (χ3n) is 4.85. The Hall–Kier alpha value is -1.91. The number of aryl methyl sites for hydroxylation is 1. The molecule has 0 aromatic carbocycles. The van der Waals surface area contributed by atoms with E-state index in [4.69, 9.17) is 10.00 Å². The van der Waals surface area contributed by atoms with Gasteiger partial charge in [-0.15, -0.1) is 0 Å². The molecule has 24 heavy (non-hydrogen) atoms. The fourth-order valence-electron chi connectivity index (χ4n) is 3.62. The second-order valence-corrected chi connectivity index (χ2v) is 6.55. The monoisotopic (exact) mass is 331 g/mol. The van der Waals surface area contributed by atoms with Crippen LogP contribution in [0.1, 0.15) is 48.6 Å². The highest BCUT2D eigenvalue weighted by Crippen LogP contribution is 2.32. The molecule has 3 rings (SSSR count). The van der Waals surface area contributed by atoms with Crippen molar-refractivity contribution >= 4 is 5.91 Å². The van der Waals surface area contributed by atoms with Crippen LogP contribution in [-0.4, -0.2) is 64.3 Å². The number of carbonyl (C=O) groups excluding carboxylic acids is 1. The lowest BCUT2D eigenvalue weighted by molar-refractivity contribution is -0.00717. The van der Waals surface area contributed by atoms with Crippen molar-refractivity contribution in [2.75, 3.05) is 32.7 Å². The lowest BCUT2D eigenvalue weighted by atomic mass is 9.99. The Bertz CT molecular complexity index is 655. The second kappa shape index (κ2) is 6.91. The van der Waals surface area contributed by atoms with Gasteiger partial charge in [0.15, 0.2) is 0 Å². The standard InChI is InChI=1S/C17H25N5O2/c1-4-22-16(14-11-12(2)24-13(3)15(14)19-22)17(23)21-9-7-20(6-5-18)8-10-21/h12-13H,4,6-11H2,1-3H3/t12-,13+/m0/s1. The Morgan fingerprint density at radius 2 is 2.04 bits per heavy atom. The van der Waals surface area contributed by atoms with Gasteiger partial charge in [-0.05, 0) is 20.8 Å². The van der Waals surface area contributed by atoms with Crippen LogP contribution >= 0.6 is 0 Å². The van der Waals surface area contributed by atoms with Crippen molar-refractivity contribution in [1.29, 1.82) is 5.26 Å². The van der Waals surface area contributed by atoms with Crippen LogP contribution in [0.3, 0.4) is 0 Å². The molecule has 2 aliphatic rings. The molecule has 3 heterocycles. The number of nitriles is 1. The number of hydrogen-bond donors (Lipinski definition) is 0. The van der Waals surface area contributed by atoms with Crippen LogP contribution in [0.5, 0.6) is 0 Å². The average molecular weight is 331 g/mol. The van der Waals surface area contributed by atoms with Gasteiger partial charge >= 0.3 is 0 Å². The molecule has 1 saturated heterocycles. The first kappa shape index (κ1) is 16.9. The number of rotatable bonds is 3. The van der Waals surface area contributed by atoms with Gasteiger partial charge in [0.25, 0.3) is 5.91 Å². The quantitative estimate of drug-likeness (QED) is 0.778. The van der Waals surface area contributed by atoms with E-state index in [0.29, 0.717) is 26.2 Å². The van der Waals surface area contributed by atoms with Crippen LogP contribution < -0.4 is 0 Å². The van der Waals surface area contributed by atoms with Gasteiger partial charge in [0.1, 0.15) is 5.69 Å². The Labute approximate surface area is 142 Å². The zero-order valence-electron chi connectivity index (χ0n) is 14.7. The molecule has 0 saturated carbocycles. The summed E-state index contributed by atoms with van der Waals surface area (Å²) in [4.78, 5) is 17.1. The van der Waals surface area contributed by atoms with Crippen molar-refractivity contribution in [3.05, 3.63) is 17.0 Å². The van der Waals surface area contributed by atoms with Gasteiger partial charge in [-0.25, -0.2) is 0 Å². The van der Waals surface area contributed by atoms with E-state index in [1.54, 1.807) is 0 Å². The maximum absolute atomic E-state index is 13.1. The minimum Gasteiger partial charge on any atom is -0.369 e. The molecule has 1 amide bonds. The highest BCUT2D eigenvalue weighted by atomic mass is 16.5. The van der Waals surface area contributed by atoms with E-state index in [1.807, 2.05) is 30.4 Å². The first-order valence-electron chi connectivity index (χ1n) is 8.68. The van der Waals surface area contributed by atoms with Gasteiger partial charge in [0, 0.05) is 44.7 Å². The lowest BCUT2D eigenvalue weighted by Crippen LogP contribution is -2.49. The fraction of sp³-hybridized carbons (Fsp3) is 0.706. The summed E-state index contributed by atoms with van der Waals surface area (Å²) in [6.45, 7) is 9.95. The van der Waals surface area contributed by atoms with E-state index in [-0.39, 0.29) is 18.1 Å². The van der Waals surface area contributed by atoms with E-state index < -0.39 is 0 Å². The highest BCUT2D eigenvalue weighted by molar-refractivity contribution is 5.94. The number of piperazine rings is 1. The zero-order valence-corrected chi connectivity index (χ0v) is 14.7. The van der Waals surface area contributed by atoms with Gasteiger partial charge in [0.05, 0.1) is 30.5 Å². The van der Waals surface area contributed by atoms with Gasteiger partial charge in [-0.2, -0.15) is 10.4 Å². The third kappa shape index (κ3) is 3.04. The van der Waals surface area contributed by atoms with E-state index in [1.165, 1.54) is 0 Å². The molecular weight excluding hydrogens is 306 g/mol. The molecule has 1 aromatic rings. The van der Waals surface area contributed by atoms with Crippen molar-refractivity contribution in [1.82, 2.24) is 19.6 Å². The van der Waals surface area contributed by atoms with Gasteiger partial charge in [0.2, 0.25) is 0 Å². The molecule has 2 atom stereocenters. The first-order valence-corrected chi connectivity index (χ1v) is 8.68. The molecule has 7 nitrogen and oxygen atoms in total. The topological polar surface area (TPSA) is 74.4 Å². The molecule has 1 fully saturated rings. The van der Waals surface area contributed by atoms with E-state index >= 15 is 0 Å². The molecule has 7 heteroatoms. The first-order chi connectivity index (χ1) is 11.5. The lowest BCUT2D eigenvalue weighted by Gasteiger charge is -2.34. The molecule has 0 bridgehead atoms. The molecule has 0 spiro atoms. The summed E-state index contributed by atoms with van der Waals surface area (Å²) in [6, 6.07) is 2.17. The highest BCUT2D eigenvalue weighted by Gasteiger charge is 2.34. The molecule has 0 unspecified atom stereocenters. The Balaban J connectivity index is 1.84. The summed E-state index contributed by atoms with van der Waals surface area (Å²) in [5, 5.41) is 13.4. The van der Waals surface area contributed by atoms with Crippen LogP contribution in [0.15, 0.2) is 0 Å². The summed E-state index contributed by atoms with van der Waals surface area (Å²) in [5.74, 6) is 0.0588. The average Bonchev–Trinajstić information content (AvgIpc) is 2.94.